The van der Waals surface area contributed by atoms with Crippen LogP contribution in [-0.2, 0) is 6.42 Å². The molecule has 0 saturated carbocycles. The van der Waals surface area contributed by atoms with E-state index in [0.717, 1.165) is 37.3 Å². The standard InChI is InChI=1S/C18H25N3/c1-3-8-15-13-14-9-7-10-16(17(14)20-18(15)19-2)21-11-5-4-6-12-21/h7,9-10,13H,3-6,8,11-12H2,1-2H3,(H,19,20). The maximum Gasteiger partial charge on any atom is 0.129 e. The minimum atomic E-state index is 1.04. The number of hydrogen-bond acceptors (Lipinski definition) is 3. The van der Waals surface area contributed by atoms with Crippen molar-refractivity contribution in [2.24, 2.45) is 0 Å². The number of nitrogens with one attached hydrogen (secondary N) is 1. The molecule has 3 rings (SSSR count). The zero-order valence-corrected chi connectivity index (χ0v) is 13.2. The van der Waals surface area contributed by atoms with Crippen molar-refractivity contribution in [3.8, 4) is 0 Å². The van der Waals surface area contributed by atoms with Crippen LogP contribution in [-0.4, -0.2) is 25.1 Å². The minimum Gasteiger partial charge on any atom is -0.373 e. The van der Waals surface area contributed by atoms with Gasteiger partial charge in [0.15, 0.2) is 0 Å². The van der Waals surface area contributed by atoms with E-state index in [9.17, 15) is 0 Å². The van der Waals surface area contributed by atoms with Gasteiger partial charge in [-0.05, 0) is 43.4 Å². The van der Waals surface area contributed by atoms with Gasteiger partial charge >= 0.3 is 0 Å². The number of pyridine rings is 1. The maximum atomic E-state index is 4.93. The van der Waals surface area contributed by atoms with Gasteiger partial charge < -0.3 is 10.2 Å². The van der Waals surface area contributed by atoms with Crippen LogP contribution >= 0.6 is 0 Å². The number of para-hydroxylation sites is 1. The number of aryl methyl sites for hydroxylation is 1. The molecule has 112 valence electrons. The third-order valence-corrected chi connectivity index (χ3v) is 4.36. The Morgan fingerprint density at radius 3 is 2.71 bits per heavy atom. The summed E-state index contributed by atoms with van der Waals surface area (Å²) in [4.78, 5) is 7.43. The molecule has 1 fully saturated rings. The molecule has 1 aromatic carbocycles. The Labute approximate surface area is 127 Å². The van der Waals surface area contributed by atoms with Crippen molar-refractivity contribution in [2.45, 2.75) is 39.0 Å². The lowest BCUT2D eigenvalue weighted by atomic mass is 10.0. The average Bonchev–Trinajstić information content (AvgIpc) is 2.54. The van der Waals surface area contributed by atoms with E-state index in [4.69, 9.17) is 4.98 Å². The van der Waals surface area contributed by atoms with Gasteiger partial charge in [-0.3, -0.25) is 0 Å². The molecule has 1 saturated heterocycles. The number of nitrogens with zero attached hydrogens (tertiary/aromatic N) is 2. The summed E-state index contributed by atoms with van der Waals surface area (Å²) in [6.45, 7) is 4.53. The lowest BCUT2D eigenvalue weighted by molar-refractivity contribution is 0.579. The molecule has 21 heavy (non-hydrogen) atoms. The summed E-state index contributed by atoms with van der Waals surface area (Å²) < 4.78 is 0. The van der Waals surface area contributed by atoms with E-state index in [1.165, 1.54) is 35.9 Å². The molecule has 3 nitrogen and oxygen atoms in total. The number of rotatable bonds is 4. The number of hydrogen-bond donors (Lipinski definition) is 1. The number of aromatic nitrogens is 1. The summed E-state index contributed by atoms with van der Waals surface area (Å²) in [5.41, 5.74) is 3.76. The molecule has 1 aromatic heterocycles. The van der Waals surface area contributed by atoms with Gasteiger partial charge in [0.05, 0.1) is 11.2 Å². The number of benzene rings is 1. The molecule has 1 N–H and O–H groups in total. The van der Waals surface area contributed by atoms with Crippen molar-refractivity contribution in [2.75, 3.05) is 30.4 Å². The van der Waals surface area contributed by atoms with Gasteiger partial charge in [0, 0.05) is 25.5 Å². The molecule has 0 radical (unpaired) electrons. The molecular weight excluding hydrogens is 258 g/mol. The molecular formula is C18H25N3. The molecule has 0 amide bonds. The molecule has 2 heterocycles. The van der Waals surface area contributed by atoms with Gasteiger partial charge in [0.2, 0.25) is 0 Å². The monoisotopic (exact) mass is 283 g/mol. The number of fused-ring (bicyclic) bond motifs is 1. The second kappa shape index (κ2) is 6.33. The highest BCUT2D eigenvalue weighted by molar-refractivity contribution is 5.92. The molecule has 0 spiro atoms. The van der Waals surface area contributed by atoms with Crippen LogP contribution in [0.2, 0.25) is 0 Å². The van der Waals surface area contributed by atoms with Crippen molar-refractivity contribution in [1.82, 2.24) is 4.98 Å². The van der Waals surface area contributed by atoms with Crippen LogP contribution < -0.4 is 10.2 Å². The second-order valence-corrected chi connectivity index (χ2v) is 5.89. The van der Waals surface area contributed by atoms with Crippen molar-refractivity contribution in [3.05, 3.63) is 29.8 Å². The largest absolute Gasteiger partial charge is 0.373 e. The fourth-order valence-corrected chi connectivity index (χ4v) is 3.29. The second-order valence-electron chi connectivity index (χ2n) is 5.89. The van der Waals surface area contributed by atoms with Crippen molar-refractivity contribution < 1.29 is 0 Å². The molecule has 1 aliphatic rings. The highest BCUT2D eigenvalue weighted by atomic mass is 15.1. The van der Waals surface area contributed by atoms with Crippen LogP contribution in [0.1, 0.15) is 38.2 Å². The number of anilines is 2. The first-order chi connectivity index (χ1) is 10.3. The Kier molecular flexibility index (Phi) is 4.28. The highest BCUT2D eigenvalue weighted by Gasteiger charge is 2.15. The summed E-state index contributed by atoms with van der Waals surface area (Å²) in [7, 11) is 1.97. The van der Waals surface area contributed by atoms with Crippen LogP contribution in [0.25, 0.3) is 10.9 Å². The Morgan fingerprint density at radius 2 is 2.00 bits per heavy atom. The van der Waals surface area contributed by atoms with Crippen LogP contribution in [0.15, 0.2) is 24.3 Å². The normalized spacial score (nSPS) is 15.4. The van der Waals surface area contributed by atoms with E-state index in [-0.39, 0.29) is 0 Å². The summed E-state index contributed by atoms with van der Waals surface area (Å²) in [6, 6.07) is 8.89. The zero-order valence-electron chi connectivity index (χ0n) is 13.2. The van der Waals surface area contributed by atoms with Gasteiger partial charge in [0.25, 0.3) is 0 Å². The van der Waals surface area contributed by atoms with Crippen LogP contribution in [0.5, 0.6) is 0 Å². The van der Waals surface area contributed by atoms with Crippen molar-refractivity contribution in [3.63, 3.8) is 0 Å². The Hall–Kier alpha value is -1.77. The van der Waals surface area contributed by atoms with E-state index >= 15 is 0 Å². The first-order valence-electron chi connectivity index (χ1n) is 8.19. The van der Waals surface area contributed by atoms with Gasteiger partial charge in [-0.2, -0.15) is 0 Å². The van der Waals surface area contributed by atoms with Crippen molar-refractivity contribution in [1.29, 1.82) is 0 Å². The van der Waals surface area contributed by atoms with Crippen LogP contribution in [0.3, 0.4) is 0 Å². The first-order valence-corrected chi connectivity index (χ1v) is 8.19. The van der Waals surface area contributed by atoms with Crippen LogP contribution in [0, 0.1) is 0 Å². The van der Waals surface area contributed by atoms with Crippen molar-refractivity contribution >= 4 is 22.4 Å². The van der Waals surface area contributed by atoms with Gasteiger partial charge in [-0.25, -0.2) is 4.98 Å². The van der Waals surface area contributed by atoms with E-state index in [1.807, 2.05) is 7.05 Å². The summed E-state index contributed by atoms with van der Waals surface area (Å²) in [6.07, 6.45) is 6.17. The molecule has 3 heteroatoms. The number of piperidine rings is 1. The highest BCUT2D eigenvalue weighted by Crippen LogP contribution is 2.30. The van der Waals surface area contributed by atoms with E-state index in [1.54, 1.807) is 0 Å². The lowest BCUT2D eigenvalue weighted by Gasteiger charge is -2.29. The summed E-state index contributed by atoms with van der Waals surface area (Å²) >= 11 is 0. The van der Waals surface area contributed by atoms with Gasteiger partial charge in [0.1, 0.15) is 5.82 Å². The van der Waals surface area contributed by atoms with Crippen LogP contribution in [0.4, 0.5) is 11.5 Å². The quantitative estimate of drug-likeness (QED) is 0.910. The third kappa shape index (κ3) is 2.82. The fourth-order valence-electron chi connectivity index (χ4n) is 3.29. The SMILES string of the molecule is CCCc1cc2cccc(N3CCCCC3)c2nc1NC. The average molecular weight is 283 g/mol. The van der Waals surface area contributed by atoms with E-state index in [0.29, 0.717) is 0 Å². The summed E-state index contributed by atoms with van der Waals surface area (Å²) in [5, 5.41) is 4.54. The molecule has 0 unspecified atom stereocenters. The van der Waals surface area contributed by atoms with Gasteiger partial charge in [-0.1, -0.05) is 25.5 Å². The minimum absolute atomic E-state index is 1.04. The molecule has 0 bridgehead atoms. The van der Waals surface area contributed by atoms with E-state index in [2.05, 4.69) is 41.4 Å². The molecule has 1 aliphatic heterocycles. The molecule has 0 atom stereocenters. The molecule has 0 aliphatic carbocycles. The fraction of sp³-hybridized carbons (Fsp3) is 0.500. The Balaban J connectivity index is 2.09. The van der Waals surface area contributed by atoms with Gasteiger partial charge in [-0.15, -0.1) is 0 Å². The predicted molar refractivity (Wildman–Crippen MR) is 91.3 cm³/mol. The Bertz CT molecular complexity index is 615. The predicted octanol–water partition coefficient (Wildman–Crippen LogP) is 4.22. The summed E-state index contributed by atoms with van der Waals surface area (Å²) in [5.74, 6) is 1.04. The van der Waals surface area contributed by atoms with E-state index < -0.39 is 0 Å². The zero-order chi connectivity index (χ0) is 14.7. The first kappa shape index (κ1) is 14.2. The Morgan fingerprint density at radius 1 is 1.19 bits per heavy atom. The third-order valence-electron chi connectivity index (χ3n) is 4.36. The maximum absolute atomic E-state index is 4.93. The smallest absolute Gasteiger partial charge is 0.129 e. The topological polar surface area (TPSA) is 28.2 Å². The lowest BCUT2D eigenvalue weighted by Crippen LogP contribution is -2.29. The molecule has 2 aromatic rings.